The van der Waals surface area contributed by atoms with E-state index in [1.54, 1.807) is 0 Å². The summed E-state index contributed by atoms with van der Waals surface area (Å²) >= 11 is -5.15. The fraction of sp³-hybridized carbons (Fsp3) is 0.235. The Morgan fingerprint density at radius 1 is 1.08 bits per heavy atom. The van der Waals surface area contributed by atoms with Crippen LogP contribution in [0.1, 0.15) is 18.1 Å². The number of aliphatic hydroxyl groups is 1. The molecule has 5 N–H and O–H groups in total. The summed E-state index contributed by atoms with van der Waals surface area (Å²) in [6.07, 6.45) is 1.56. The third-order valence-electron chi connectivity index (χ3n) is 3.67. The van der Waals surface area contributed by atoms with Crippen LogP contribution >= 0.6 is 0 Å². The van der Waals surface area contributed by atoms with Crippen molar-refractivity contribution in [1.82, 2.24) is 0 Å². The molecule has 7 nitrogen and oxygen atoms in total. The second-order valence-corrected chi connectivity index (χ2v) is 9.02. The van der Waals surface area contributed by atoms with Crippen LogP contribution < -0.4 is 9.67 Å². The van der Waals surface area contributed by atoms with Crippen molar-refractivity contribution in [2.45, 2.75) is 25.9 Å². The summed E-state index contributed by atoms with van der Waals surface area (Å²) in [6, 6.07) is 12.1. The Morgan fingerprint density at radius 3 is 2.12 bits per heavy atom. The van der Waals surface area contributed by atoms with Gasteiger partial charge in [0.15, 0.2) is 0 Å². The molecular formula is C17H20AsNO6. The second kappa shape index (κ2) is 7.89. The van der Waals surface area contributed by atoms with E-state index in [1.165, 1.54) is 30.2 Å². The van der Waals surface area contributed by atoms with E-state index >= 15 is 0 Å². The number of phenolic OH excluding ortho intramolecular Hbond substituents is 1. The van der Waals surface area contributed by atoms with Gasteiger partial charge in [-0.3, -0.25) is 0 Å². The molecule has 2 aromatic rings. The number of aromatic hydroxyl groups is 1. The Balaban J connectivity index is 0.000000194. The van der Waals surface area contributed by atoms with Gasteiger partial charge in [0.25, 0.3) is 0 Å². The largest absolute Gasteiger partial charge is 0.392 e. The predicted octanol–water partition coefficient (Wildman–Crippen LogP) is 0.0577. The molecule has 2 aromatic carbocycles. The number of phenols is 1. The SMILES string of the molecule is CC(=O)Nc1cccc([As](=O)(O)O)c1O.OC1Cc2ccccc2C1. The second-order valence-electron chi connectivity index (χ2n) is 5.73. The van der Waals surface area contributed by atoms with Crippen molar-refractivity contribution in [3.05, 3.63) is 53.6 Å². The number of fused-ring (bicyclic) bond motifs is 1. The zero-order valence-corrected chi connectivity index (χ0v) is 15.5. The predicted molar refractivity (Wildman–Crippen MR) is 92.8 cm³/mol. The Hall–Kier alpha value is -2.05. The fourth-order valence-electron chi connectivity index (χ4n) is 2.59. The Bertz CT molecular complexity index is 792. The van der Waals surface area contributed by atoms with Crippen molar-refractivity contribution in [2.24, 2.45) is 0 Å². The zero-order chi connectivity index (χ0) is 18.6. The first-order valence-corrected chi connectivity index (χ1v) is 11.0. The maximum atomic E-state index is 11.0. The van der Waals surface area contributed by atoms with Crippen LogP contribution in [0.4, 0.5) is 5.69 Å². The summed E-state index contributed by atoms with van der Waals surface area (Å²) in [7, 11) is 0. The molecule has 0 radical (unpaired) electrons. The molecular weight excluding hydrogens is 389 g/mol. The van der Waals surface area contributed by atoms with Crippen LogP contribution in [0.2, 0.25) is 0 Å². The molecule has 0 bridgehead atoms. The summed E-state index contributed by atoms with van der Waals surface area (Å²) in [5, 5.41) is 21.0. The van der Waals surface area contributed by atoms with Gasteiger partial charge >= 0.3 is 88.1 Å². The molecule has 8 heteroatoms. The molecule has 0 atom stereocenters. The molecule has 1 aliphatic carbocycles. The molecule has 1 amide bonds. The van der Waals surface area contributed by atoms with E-state index in [1.807, 2.05) is 12.1 Å². The van der Waals surface area contributed by atoms with E-state index in [4.69, 9.17) is 8.19 Å². The van der Waals surface area contributed by atoms with Crippen molar-refractivity contribution >= 4 is 30.1 Å². The quantitative estimate of drug-likeness (QED) is 0.353. The normalized spacial score (nSPS) is 13.6. The number of aliphatic hydroxyl groups excluding tert-OH is 1. The Morgan fingerprint density at radius 2 is 1.64 bits per heavy atom. The van der Waals surface area contributed by atoms with Gasteiger partial charge in [-0.05, 0) is 24.0 Å². The van der Waals surface area contributed by atoms with E-state index in [2.05, 4.69) is 17.4 Å². The van der Waals surface area contributed by atoms with E-state index in [0.29, 0.717) is 0 Å². The summed E-state index contributed by atoms with van der Waals surface area (Å²) in [5.41, 5.74) is 2.62. The molecule has 25 heavy (non-hydrogen) atoms. The van der Waals surface area contributed by atoms with Gasteiger partial charge in [0.2, 0.25) is 0 Å². The minimum Gasteiger partial charge on any atom is -0.392 e. The zero-order valence-electron chi connectivity index (χ0n) is 13.6. The first-order valence-electron chi connectivity index (χ1n) is 7.59. The van der Waals surface area contributed by atoms with E-state index in [0.717, 1.165) is 18.9 Å². The number of amides is 1. The molecule has 0 aliphatic heterocycles. The van der Waals surface area contributed by atoms with E-state index < -0.39 is 30.2 Å². The van der Waals surface area contributed by atoms with Crippen molar-refractivity contribution in [2.75, 3.05) is 5.32 Å². The molecule has 0 spiro atoms. The first-order chi connectivity index (χ1) is 11.7. The monoisotopic (exact) mass is 409 g/mol. The number of hydrogen-bond acceptors (Lipinski definition) is 4. The van der Waals surface area contributed by atoms with Crippen LogP contribution in [0.15, 0.2) is 42.5 Å². The number of carbonyl (C=O) groups excluding carboxylic acids is 1. The maximum Gasteiger partial charge on any atom is 0.0621 e. The van der Waals surface area contributed by atoms with Crippen LogP contribution in [0, 0.1) is 0 Å². The molecule has 1 aliphatic rings. The molecule has 0 heterocycles. The van der Waals surface area contributed by atoms with E-state index in [9.17, 15) is 18.7 Å². The molecule has 0 saturated carbocycles. The number of rotatable bonds is 2. The van der Waals surface area contributed by atoms with Crippen molar-refractivity contribution in [3.8, 4) is 5.75 Å². The number of benzene rings is 2. The van der Waals surface area contributed by atoms with Crippen molar-refractivity contribution in [1.29, 1.82) is 0 Å². The van der Waals surface area contributed by atoms with Crippen LogP contribution in [0.5, 0.6) is 5.75 Å². The van der Waals surface area contributed by atoms with Gasteiger partial charge in [-0.2, -0.15) is 0 Å². The molecule has 3 rings (SSSR count). The third-order valence-corrected chi connectivity index (χ3v) is 5.74. The molecule has 0 fully saturated rings. The van der Waals surface area contributed by atoms with Crippen LogP contribution in [-0.2, 0) is 21.4 Å². The number of hydrogen-bond donors (Lipinski definition) is 5. The van der Waals surface area contributed by atoms with Gasteiger partial charge in [0.05, 0.1) is 6.10 Å². The third kappa shape index (κ3) is 5.21. The first kappa shape index (κ1) is 19.3. The number of anilines is 1. The van der Waals surface area contributed by atoms with Gasteiger partial charge in [0, 0.05) is 0 Å². The Kier molecular flexibility index (Phi) is 6.08. The van der Waals surface area contributed by atoms with Crippen molar-refractivity contribution < 1.29 is 26.9 Å². The molecule has 0 unspecified atom stereocenters. The molecule has 134 valence electrons. The van der Waals surface area contributed by atoms with Crippen LogP contribution in [0.3, 0.4) is 0 Å². The maximum absolute atomic E-state index is 11.0. The molecule has 0 saturated heterocycles. The summed E-state index contributed by atoms with van der Waals surface area (Å²) in [6.45, 7) is 1.23. The number of para-hydroxylation sites is 1. The summed E-state index contributed by atoms with van der Waals surface area (Å²) < 4.78 is 28.4. The molecule has 0 aromatic heterocycles. The van der Waals surface area contributed by atoms with Crippen molar-refractivity contribution in [3.63, 3.8) is 0 Å². The average Bonchev–Trinajstić information content (AvgIpc) is 2.88. The fourth-order valence-corrected chi connectivity index (χ4v) is 4.01. The van der Waals surface area contributed by atoms with E-state index in [-0.39, 0.29) is 11.8 Å². The number of nitrogens with one attached hydrogen (secondary N) is 1. The van der Waals surface area contributed by atoms with Gasteiger partial charge in [-0.25, -0.2) is 0 Å². The standard InChI is InChI=1S/C9H10O.C8H10AsNO5/c10-9-5-7-3-1-2-4-8(7)6-9;1-5(11)10-7-4-2-3-6(8(7)12)9(13,14)15/h1-4,9-10H,5-6H2;2-4,12H,1H3,(H,10,11)(H2,13,14,15). The number of carbonyl (C=O) groups is 1. The minimum absolute atomic E-state index is 0.00951. The van der Waals surface area contributed by atoms with Gasteiger partial charge in [0.1, 0.15) is 0 Å². The summed E-state index contributed by atoms with van der Waals surface area (Å²) in [5.74, 6) is -1.01. The minimum atomic E-state index is -5.15. The van der Waals surface area contributed by atoms with Gasteiger partial charge in [-0.15, -0.1) is 0 Å². The smallest absolute Gasteiger partial charge is 0.0621 e. The topological polar surface area (TPSA) is 127 Å². The van der Waals surface area contributed by atoms with Crippen LogP contribution in [-0.4, -0.2) is 44.6 Å². The van der Waals surface area contributed by atoms with Gasteiger partial charge in [-0.1, -0.05) is 24.3 Å². The average molecular weight is 409 g/mol. The van der Waals surface area contributed by atoms with Crippen LogP contribution in [0.25, 0.3) is 0 Å². The summed E-state index contributed by atoms with van der Waals surface area (Å²) in [4.78, 5) is 10.7. The Labute approximate surface area is 147 Å². The van der Waals surface area contributed by atoms with Gasteiger partial charge < -0.3 is 5.11 Å².